The van der Waals surface area contributed by atoms with E-state index < -0.39 is 21.7 Å². The smallest absolute Gasteiger partial charge is 0.264 e. The van der Waals surface area contributed by atoms with Gasteiger partial charge in [0, 0.05) is 36.6 Å². The zero-order valence-corrected chi connectivity index (χ0v) is 19.2. The maximum Gasteiger partial charge on any atom is 0.264 e. The molecule has 0 saturated carbocycles. The van der Waals surface area contributed by atoms with Gasteiger partial charge in [-0.3, -0.25) is 9.10 Å². The quantitative estimate of drug-likeness (QED) is 0.537. The van der Waals surface area contributed by atoms with Crippen molar-refractivity contribution in [1.82, 2.24) is 0 Å². The Morgan fingerprint density at radius 2 is 1.73 bits per heavy atom. The molecule has 33 heavy (non-hydrogen) atoms. The highest BCUT2D eigenvalue weighted by Gasteiger charge is 2.24. The first-order chi connectivity index (χ1) is 15.9. The van der Waals surface area contributed by atoms with Gasteiger partial charge in [0.25, 0.3) is 15.9 Å². The summed E-state index contributed by atoms with van der Waals surface area (Å²) >= 11 is 0. The SMILES string of the molecule is CCN(c1ccccc1)S(=O)(=O)c1cccc(C(=O)Nc2cc(F)cc(N3CCCC3)c2)c1. The van der Waals surface area contributed by atoms with Crippen molar-refractivity contribution in [3.8, 4) is 0 Å². The summed E-state index contributed by atoms with van der Waals surface area (Å²) in [7, 11) is -3.87. The van der Waals surface area contributed by atoms with Gasteiger partial charge in [-0.25, -0.2) is 12.8 Å². The molecule has 1 fully saturated rings. The number of rotatable bonds is 7. The summed E-state index contributed by atoms with van der Waals surface area (Å²) in [5.41, 5.74) is 1.77. The first kappa shape index (κ1) is 22.8. The minimum absolute atomic E-state index is 0.0119. The molecule has 4 rings (SSSR count). The normalized spacial score (nSPS) is 13.7. The Balaban J connectivity index is 1.58. The van der Waals surface area contributed by atoms with Gasteiger partial charge in [-0.15, -0.1) is 0 Å². The van der Waals surface area contributed by atoms with Gasteiger partial charge < -0.3 is 10.2 Å². The molecule has 0 spiro atoms. The van der Waals surface area contributed by atoms with Crippen molar-refractivity contribution in [1.29, 1.82) is 0 Å². The second kappa shape index (κ2) is 9.62. The monoisotopic (exact) mass is 467 g/mol. The standard InChI is InChI=1S/C25H26FN3O3S/c1-2-29(22-10-4-3-5-11-22)33(31,32)24-12-8-9-19(15-24)25(30)27-21-16-20(26)17-23(18-21)28-13-6-7-14-28/h3-5,8-12,15-18H,2,6-7,13-14H2,1H3,(H,27,30). The molecule has 3 aromatic rings. The third-order valence-corrected chi connectivity index (χ3v) is 7.53. The van der Waals surface area contributed by atoms with Crippen LogP contribution in [-0.2, 0) is 10.0 Å². The molecule has 0 aromatic heterocycles. The molecule has 1 saturated heterocycles. The van der Waals surface area contributed by atoms with E-state index >= 15 is 0 Å². The highest BCUT2D eigenvalue weighted by atomic mass is 32.2. The molecule has 0 unspecified atom stereocenters. The second-order valence-electron chi connectivity index (χ2n) is 7.88. The largest absolute Gasteiger partial charge is 0.371 e. The van der Waals surface area contributed by atoms with E-state index in [0.717, 1.165) is 31.6 Å². The van der Waals surface area contributed by atoms with Crippen molar-refractivity contribution in [2.24, 2.45) is 0 Å². The first-order valence-corrected chi connectivity index (χ1v) is 12.4. The maximum atomic E-state index is 14.2. The summed E-state index contributed by atoms with van der Waals surface area (Å²) in [6.07, 6.45) is 2.11. The zero-order valence-electron chi connectivity index (χ0n) is 18.4. The number of carbonyl (C=O) groups is 1. The van der Waals surface area contributed by atoms with E-state index in [4.69, 9.17) is 0 Å². The van der Waals surface area contributed by atoms with Gasteiger partial charge in [0.15, 0.2) is 0 Å². The number of anilines is 3. The van der Waals surface area contributed by atoms with Crippen LogP contribution >= 0.6 is 0 Å². The minimum atomic E-state index is -3.87. The van der Waals surface area contributed by atoms with Gasteiger partial charge in [0.1, 0.15) is 5.82 Å². The summed E-state index contributed by atoms with van der Waals surface area (Å²) in [6.45, 7) is 3.70. The molecule has 1 aliphatic heterocycles. The van der Waals surface area contributed by atoms with Crippen LogP contribution in [0.5, 0.6) is 0 Å². The number of hydrogen-bond donors (Lipinski definition) is 1. The number of hydrogen-bond acceptors (Lipinski definition) is 4. The molecule has 1 heterocycles. The molecule has 0 radical (unpaired) electrons. The summed E-state index contributed by atoms with van der Waals surface area (Å²) < 4.78 is 42.0. The lowest BCUT2D eigenvalue weighted by Gasteiger charge is -2.23. The van der Waals surface area contributed by atoms with Gasteiger partial charge >= 0.3 is 0 Å². The lowest BCUT2D eigenvalue weighted by Crippen LogP contribution is -2.31. The Labute approximate surface area is 193 Å². The number of para-hydroxylation sites is 1. The average Bonchev–Trinajstić information content (AvgIpc) is 3.35. The molecule has 1 aliphatic rings. The number of halogens is 1. The molecule has 6 nitrogen and oxygen atoms in total. The highest BCUT2D eigenvalue weighted by molar-refractivity contribution is 7.92. The van der Waals surface area contributed by atoms with E-state index in [2.05, 4.69) is 10.2 Å². The highest BCUT2D eigenvalue weighted by Crippen LogP contribution is 2.27. The number of nitrogens with one attached hydrogen (secondary N) is 1. The lowest BCUT2D eigenvalue weighted by molar-refractivity contribution is 0.102. The number of carbonyl (C=O) groups excluding carboxylic acids is 1. The number of nitrogens with zero attached hydrogens (tertiary/aromatic N) is 2. The topological polar surface area (TPSA) is 69.7 Å². The third-order valence-electron chi connectivity index (χ3n) is 5.63. The molecule has 8 heteroatoms. The summed E-state index contributed by atoms with van der Waals surface area (Å²) in [6, 6.07) is 19.1. The average molecular weight is 468 g/mol. The summed E-state index contributed by atoms with van der Waals surface area (Å²) in [5, 5.41) is 2.70. The maximum absolute atomic E-state index is 14.2. The number of benzene rings is 3. The fourth-order valence-electron chi connectivity index (χ4n) is 4.02. The van der Waals surface area contributed by atoms with Crippen LogP contribution in [0.15, 0.2) is 77.7 Å². The van der Waals surface area contributed by atoms with Crippen LogP contribution in [0.3, 0.4) is 0 Å². The predicted molar refractivity (Wildman–Crippen MR) is 129 cm³/mol. The Bertz CT molecular complexity index is 1240. The zero-order chi connectivity index (χ0) is 23.4. The molecule has 3 aromatic carbocycles. The summed E-state index contributed by atoms with van der Waals surface area (Å²) in [5.74, 6) is -0.944. The Morgan fingerprint density at radius 3 is 2.42 bits per heavy atom. The fraction of sp³-hybridized carbons (Fsp3) is 0.240. The van der Waals surface area contributed by atoms with E-state index in [1.165, 1.54) is 40.7 Å². The van der Waals surface area contributed by atoms with Crippen LogP contribution in [0.25, 0.3) is 0 Å². The first-order valence-electron chi connectivity index (χ1n) is 10.9. The van der Waals surface area contributed by atoms with E-state index in [-0.39, 0.29) is 17.0 Å². The predicted octanol–water partition coefficient (Wildman–Crippen LogP) is 4.89. The van der Waals surface area contributed by atoms with Gasteiger partial charge in [-0.05, 0) is 68.3 Å². The van der Waals surface area contributed by atoms with Crippen LogP contribution < -0.4 is 14.5 Å². The lowest BCUT2D eigenvalue weighted by atomic mass is 10.2. The molecule has 0 aliphatic carbocycles. The van der Waals surface area contributed by atoms with Gasteiger partial charge in [0.2, 0.25) is 0 Å². The molecular weight excluding hydrogens is 441 g/mol. The van der Waals surface area contributed by atoms with Crippen molar-refractivity contribution in [3.63, 3.8) is 0 Å². The minimum Gasteiger partial charge on any atom is -0.371 e. The third kappa shape index (κ3) is 5.01. The molecule has 172 valence electrons. The van der Waals surface area contributed by atoms with E-state index in [1.54, 1.807) is 37.3 Å². The van der Waals surface area contributed by atoms with Crippen LogP contribution in [0.4, 0.5) is 21.5 Å². The second-order valence-corrected chi connectivity index (χ2v) is 9.74. The Morgan fingerprint density at radius 1 is 1.00 bits per heavy atom. The van der Waals surface area contributed by atoms with Gasteiger partial charge in [-0.2, -0.15) is 0 Å². The van der Waals surface area contributed by atoms with E-state index in [9.17, 15) is 17.6 Å². The molecule has 1 amide bonds. The Kier molecular flexibility index (Phi) is 6.65. The van der Waals surface area contributed by atoms with Crippen LogP contribution in [0.2, 0.25) is 0 Å². The van der Waals surface area contributed by atoms with Crippen LogP contribution in [0, 0.1) is 5.82 Å². The summed E-state index contributed by atoms with van der Waals surface area (Å²) in [4.78, 5) is 15.0. The van der Waals surface area contributed by atoms with Gasteiger partial charge in [0.05, 0.1) is 10.6 Å². The van der Waals surface area contributed by atoms with E-state index in [0.29, 0.717) is 11.4 Å². The van der Waals surface area contributed by atoms with Crippen molar-refractivity contribution in [2.75, 3.05) is 34.2 Å². The Hall–Kier alpha value is -3.39. The molecule has 0 atom stereocenters. The number of sulfonamides is 1. The van der Waals surface area contributed by atoms with Crippen molar-refractivity contribution in [3.05, 3.63) is 84.2 Å². The number of amides is 1. The van der Waals surface area contributed by atoms with Crippen LogP contribution in [0.1, 0.15) is 30.1 Å². The van der Waals surface area contributed by atoms with Crippen molar-refractivity contribution < 1.29 is 17.6 Å². The van der Waals surface area contributed by atoms with Crippen molar-refractivity contribution in [2.45, 2.75) is 24.7 Å². The van der Waals surface area contributed by atoms with Crippen LogP contribution in [-0.4, -0.2) is 34.0 Å². The van der Waals surface area contributed by atoms with Crippen molar-refractivity contribution >= 4 is 33.0 Å². The van der Waals surface area contributed by atoms with Gasteiger partial charge in [-0.1, -0.05) is 24.3 Å². The molecule has 0 bridgehead atoms. The fourth-order valence-corrected chi connectivity index (χ4v) is 5.54. The molecule has 1 N–H and O–H groups in total. The molecular formula is C25H26FN3O3S. The van der Waals surface area contributed by atoms with E-state index in [1.807, 2.05) is 6.07 Å².